The number of rotatable bonds is 2. The van der Waals surface area contributed by atoms with Gasteiger partial charge in [0.2, 0.25) is 11.9 Å². The molecule has 1 aliphatic heterocycles. The lowest BCUT2D eigenvalue weighted by molar-refractivity contribution is -0.119. The maximum atomic E-state index is 11.3. The fourth-order valence-corrected chi connectivity index (χ4v) is 0.937. The predicted octanol–water partition coefficient (Wildman–Crippen LogP) is -1.38. The van der Waals surface area contributed by atoms with Gasteiger partial charge in [0.1, 0.15) is 12.0 Å². The number of carbonyl (C=O) groups excluding carboxylic acids is 2. The first kappa shape index (κ1) is 8.35. The van der Waals surface area contributed by atoms with Crippen LogP contribution >= 0.6 is 0 Å². The van der Waals surface area contributed by atoms with Gasteiger partial charge in [-0.3, -0.25) is 14.9 Å². The number of H-pyrrole nitrogens is 1. The lowest BCUT2D eigenvalue weighted by atomic mass is 10.2. The van der Waals surface area contributed by atoms with Crippen LogP contribution in [0.15, 0.2) is 11.4 Å². The Morgan fingerprint density at radius 2 is 2.43 bits per heavy atom. The Kier molecular flexibility index (Phi) is 1.94. The third kappa shape index (κ3) is 1.58. The molecular weight excluding hydrogens is 188 g/mol. The van der Waals surface area contributed by atoms with E-state index in [-0.39, 0.29) is 24.0 Å². The van der Waals surface area contributed by atoms with Gasteiger partial charge in [0.05, 0.1) is 6.42 Å². The highest BCUT2D eigenvalue weighted by molar-refractivity contribution is 6.46. The first-order valence-corrected chi connectivity index (χ1v) is 3.78. The Balaban J connectivity index is 2.00. The average Bonchev–Trinajstić information content (AvgIpc) is 2.75. The first-order chi connectivity index (χ1) is 6.75. The van der Waals surface area contributed by atoms with Gasteiger partial charge in [0.25, 0.3) is 5.91 Å². The molecule has 0 atom stereocenters. The van der Waals surface area contributed by atoms with Crippen LogP contribution in [0, 0.1) is 0 Å². The number of nitrogens with one attached hydrogen (secondary N) is 3. The fraction of sp³-hybridized carbons (Fsp3) is 0.167. The van der Waals surface area contributed by atoms with E-state index in [0.717, 1.165) is 0 Å². The zero-order valence-electron chi connectivity index (χ0n) is 6.94. The molecule has 0 radical (unpaired) electrons. The van der Waals surface area contributed by atoms with Crippen LogP contribution in [0.4, 0.5) is 5.95 Å². The number of anilines is 1. The van der Waals surface area contributed by atoms with Gasteiger partial charge in [0, 0.05) is 0 Å². The molecule has 2 amide bonds. The van der Waals surface area contributed by atoms with E-state index in [4.69, 9.17) is 0 Å². The highest BCUT2D eigenvalue weighted by atomic mass is 16.2. The monoisotopic (exact) mass is 194 g/mol. The van der Waals surface area contributed by atoms with Gasteiger partial charge in [-0.2, -0.15) is 15.2 Å². The number of hydrogen-bond acceptors (Lipinski definition) is 5. The molecule has 3 N–H and O–H groups in total. The van der Waals surface area contributed by atoms with Crippen LogP contribution in [0.5, 0.6) is 0 Å². The van der Waals surface area contributed by atoms with Crippen LogP contribution in [-0.2, 0) is 9.59 Å². The molecule has 72 valence electrons. The van der Waals surface area contributed by atoms with Crippen molar-refractivity contribution in [3.63, 3.8) is 0 Å². The molecule has 8 heteroatoms. The van der Waals surface area contributed by atoms with Crippen molar-refractivity contribution in [1.29, 1.82) is 0 Å². The molecule has 1 aromatic heterocycles. The molecule has 0 fully saturated rings. The number of carbonyl (C=O) groups is 2. The molecule has 2 heterocycles. The van der Waals surface area contributed by atoms with Gasteiger partial charge < -0.3 is 0 Å². The molecule has 0 unspecified atom stereocenters. The van der Waals surface area contributed by atoms with E-state index in [1.54, 1.807) is 0 Å². The normalized spacial score (nSPS) is 14.9. The Bertz CT molecular complexity index is 394. The second-order valence-corrected chi connectivity index (χ2v) is 2.56. The van der Waals surface area contributed by atoms with Crippen molar-refractivity contribution in [1.82, 2.24) is 20.6 Å². The van der Waals surface area contributed by atoms with E-state index < -0.39 is 5.91 Å². The molecule has 0 saturated carbocycles. The quantitative estimate of drug-likeness (QED) is 0.538. The molecule has 2 rings (SSSR count). The highest BCUT2D eigenvalue weighted by Crippen LogP contribution is 1.99. The van der Waals surface area contributed by atoms with Crippen LogP contribution in [0.3, 0.4) is 0 Å². The molecule has 8 nitrogen and oxygen atoms in total. The minimum absolute atomic E-state index is 0.0139. The molecule has 0 saturated heterocycles. The van der Waals surface area contributed by atoms with Gasteiger partial charge in [-0.15, -0.1) is 0 Å². The fourth-order valence-electron chi connectivity index (χ4n) is 0.937. The smallest absolute Gasteiger partial charge is 0.274 e. The van der Waals surface area contributed by atoms with Crippen LogP contribution in [0.1, 0.15) is 6.42 Å². The summed E-state index contributed by atoms with van der Waals surface area (Å²) in [5, 5.41) is 11.9. The standard InChI is InChI=1S/C6H6N6O2/c13-4-1-3(10-11-4)5(14)9-6-7-2-8-12-6/h2H,1H2,(H,11,13)(H2,7,8,9,12,14). The van der Waals surface area contributed by atoms with Crippen molar-refractivity contribution in [2.24, 2.45) is 5.10 Å². The van der Waals surface area contributed by atoms with Crippen LogP contribution in [0.25, 0.3) is 0 Å². The third-order valence-corrected chi connectivity index (χ3v) is 1.55. The zero-order chi connectivity index (χ0) is 9.97. The molecule has 1 aliphatic rings. The molecule has 0 bridgehead atoms. The average molecular weight is 194 g/mol. The second kappa shape index (κ2) is 3.24. The Morgan fingerprint density at radius 1 is 1.57 bits per heavy atom. The van der Waals surface area contributed by atoms with E-state index in [1.165, 1.54) is 6.33 Å². The molecule has 0 aliphatic carbocycles. The lowest BCUT2D eigenvalue weighted by Crippen LogP contribution is -2.22. The summed E-state index contributed by atoms with van der Waals surface area (Å²) < 4.78 is 0. The lowest BCUT2D eigenvalue weighted by Gasteiger charge is -1.97. The Hall–Kier alpha value is -2.25. The van der Waals surface area contributed by atoms with E-state index in [9.17, 15) is 9.59 Å². The zero-order valence-corrected chi connectivity index (χ0v) is 6.94. The summed E-state index contributed by atoms with van der Waals surface area (Å²) in [5.41, 5.74) is 2.30. The summed E-state index contributed by atoms with van der Waals surface area (Å²) in [5.74, 6) is -0.551. The van der Waals surface area contributed by atoms with Gasteiger partial charge in [-0.25, -0.2) is 10.5 Å². The minimum atomic E-state index is -0.472. The number of hydrazone groups is 1. The molecule has 0 spiro atoms. The van der Waals surface area contributed by atoms with E-state index in [1.807, 2.05) is 0 Å². The van der Waals surface area contributed by atoms with Gasteiger partial charge >= 0.3 is 0 Å². The maximum Gasteiger partial charge on any atom is 0.274 e. The van der Waals surface area contributed by atoms with Crippen molar-refractivity contribution in [3.8, 4) is 0 Å². The molecule has 1 aromatic rings. The third-order valence-electron chi connectivity index (χ3n) is 1.55. The predicted molar refractivity (Wildman–Crippen MR) is 45.2 cm³/mol. The Morgan fingerprint density at radius 3 is 3.00 bits per heavy atom. The molecule has 0 aromatic carbocycles. The van der Waals surface area contributed by atoms with Crippen molar-refractivity contribution in [3.05, 3.63) is 6.33 Å². The number of aromatic amines is 1. The number of hydrogen-bond donors (Lipinski definition) is 3. The van der Waals surface area contributed by atoms with Crippen molar-refractivity contribution >= 4 is 23.5 Å². The van der Waals surface area contributed by atoms with Crippen molar-refractivity contribution in [2.75, 3.05) is 5.32 Å². The van der Waals surface area contributed by atoms with Crippen LogP contribution < -0.4 is 10.7 Å². The maximum absolute atomic E-state index is 11.3. The number of nitrogens with zero attached hydrogens (tertiary/aromatic N) is 3. The largest absolute Gasteiger partial charge is 0.290 e. The van der Waals surface area contributed by atoms with Crippen molar-refractivity contribution in [2.45, 2.75) is 6.42 Å². The topological polar surface area (TPSA) is 112 Å². The highest BCUT2D eigenvalue weighted by Gasteiger charge is 2.21. The van der Waals surface area contributed by atoms with Gasteiger partial charge in [0.15, 0.2) is 0 Å². The van der Waals surface area contributed by atoms with E-state index in [2.05, 4.69) is 31.0 Å². The minimum Gasteiger partial charge on any atom is -0.290 e. The van der Waals surface area contributed by atoms with Gasteiger partial charge in [-0.05, 0) is 0 Å². The first-order valence-electron chi connectivity index (χ1n) is 3.78. The summed E-state index contributed by atoms with van der Waals surface area (Å²) >= 11 is 0. The number of amides is 2. The number of aromatic nitrogens is 3. The summed E-state index contributed by atoms with van der Waals surface area (Å²) in [7, 11) is 0. The van der Waals surface area contributed by atoms with Crippen LogP contribution in [-0.4, -0.2) is 32.7 Å². The van der Waals surface area contributed by atoms with E-state index in [0.29, 0.717) is 0 Å². The summed E-state index contributed by atoms with van der Waals surface area (Å²) in [4.78, 5) is 25.7. The SMILES string of the molecule is O=C1CC(C(=O)Nc2ncn[nH]2)=NN1. The Labute approximate surface area is 77.8 Å². The molecule has 14 heavy (non-hydrogen) atoms. The summed E-state index contributed by atoms with van der Waals surface area (Å²) in [6, 6.07) is 0. The van der Waals surface area contributed by atoms with Crippen LogP contribution in [0.2, 0.25) is 0 Å². The summed E-state index contributed by atoms with van der Waals surface area (Å²) in [6.07, 6.45) is 1.25. The van der Waals surface area contributed by atoms with Crippen molar-refractivity contribution < 1.29 is 9.59 Å². The second-order valence-electron chi connectivity index (χ2n) is 2.56. The molecular formula is C6H6N6O2. The summed E-state index contributed by atoms with van der Waals surface area (Å²) in [6.45, 7) is 0. The van der Waals surface area contributed by atoms with E-state index >= 15 is 0 Å². The van der Waals surface area contributed by atoms with Gasteiger partial charge in [-0.1, -0.05) is 0 Å².